The molecule has 178 valence electrons. The first-order chi connectivity index (χ1) is 15.3. The van der Waals surface area contributed by atoms with Crippen LogP contribution in [-0.2, 0) is 4.79 Å². The topological polar surface area (TPSA) is 92.6 Å². The van der Waals surface area contributed by atoms with Crippen molar-refractivity contribution in [3.8, 4) is 0 Å². The first-order valence-corrected chi connectivity index (χ1v) is 12.2. The van der Waals surface area contributed by atoms with E-state index in [2.05, 4.69) is 41.7 Å². The zero-order valence-electron chi connectivity index (χ0n) is 19.3. The number of amides is 2. The number of likely N-dealkylation sites (tertiary alicyclic amines) is 1. The second kappa shape index (κ2) is 15.6. The van der Waals surface area contributed by atoms with Gasteiger partial charge in [-0.2, -0.15) is 0 Å². The molecule has 0 radical (unpaired) electrons. The lowest BCUT2D eigenvalue weighted by Crippen LogP contribution is -2.42. The molecule has 0 spiro atoms. The standard InChI is InChI=1S/C14H17N3O4.C10H19Br/c18-13(16-8-2-1-3-9-16)10-15-14(19)11-4-6-12(7-5-11)17(20)21;1-4-6-7-8-10(5-2)9(3)11/h4-7H,1-3,8-10H2,(H,15,19);10H,3-8H2,1-2H3. The molecule has 2 amide bonds. The van der Waals surface area contributed by atoms with Crippen molar-refractivity contribution in [1.82, 2.24) is 10.2 Å². The van der Waals surface area contributed by atoms with E-state index in [-0.39, 0.29) is 18.1 Å². The van der Waals surface area contributed by atoms with Crippen molar-refractivity contribution in [2.24, 2.45) is 5.92 Å². The highest BCUT2D eigenvalue weighted by Gasteiger charge is 2.17. The van der Waals surface area contributed by atoms with Crippen LogP contribution in [0.15, 0.2) is 35.3 Å². The third-order valence-corrected chi connectivity index (χ3v) is 6.19. The van der Waals surface area contributed by atoms with Crippen LogP contribution < -0.4 is 5.32 Å². The van der Waals surface area contributed by atoms with E-state index in [4.69, 9.17) is 0 Å². The molecule has 0 bridgehead atoms. The Morgan fingerprint density at radius 3 is 2.28 bits per heavy atom. The fourth-order valence-corrected chi connectivity index (χ4v) is 4.02. The van der Waals surface area contributed by atoms with Crippen LogP contribution in [0.5, 0.6) is 0 Å². The molecule has 8 heteroatoms. The van der Waals surface area contributed by atoms with Crippen molar-refractivity contribution in [2.45, 2.75) is 65.2 Å². The van der Waals surface area contributed by atoms with Gasteiger partial charge in [-0.3, -0.25) is 19.7 Å². The molecule has 1 aromatic rings. The number of hydrogen-bond acceptors (Lipinski definition) is 4. The van der Waals surface area contributed by atoms with E-state index in [1.807, 2.05) is 0 Å². The number of nitrogens with one attached hydrogen (secondary N) is 1. The number of nitrogens with zero attached hydrogens (tertiary/aromatic N) is 2. The summed E-state index contributed by atoms with van der Waals surface area (Å²) >= 11 is 3.46. The van der Waals surface area contributed by atoms with Gasteiger partial charge in [0.05, 0.1) is 11.5 Å². The molecule has 1 aromatic carbocycles. The minimum atomic E-state index is -0.526. The molecule has 1 fully saturated rings. The lowest BCUT2D eigenvalue weighted by molar-refractivity contribution is -0.384. The zero-order chi connectivity index (χ0) is 23.9. The molecule has 0 aromatic heterocycles. The smallest absolute Gasteiger partial charge is 0.269 e. The Balaban J connectivity index is 0.000000396. The van der Waals surface area contributed by atoms with E-state index in [9.17, 15) is 19.7 Å². The van der Waals surface area contributed by atoms with Gasteiger partial charge in [-0.15, -0.1) is 0 Å². The monoisotopic (exact) mass is 509 g/mol. The summed E-state index contributed by atoms with van der Waals surface area (Å²) < 4.78 is 1.18. The number of hydrogen-bond donors (Lipinski definition) is 1. The van der Waals surface area contributed by atoms with Crippen molar-refractivity contribution in [3.05, 3.63) is 51.0 Å². The summed E-state index contributed by atoms with van der Waals surface area (Å²) in [5.41, 5.74) is 0.225. The number of nitro benzene ring substituents is 1. The van der Waals surface area contributed by atoms with Crippen LogP contribution in [0.3, 0.4) is 0 Å². The Morgan fingerprint density at radius 2 is 1.78 bits per heavy atom. The fourth-order valence-electron chi connectivity index (χ4n) is 3.47. The number of carbonyl (C=O) groups is 2. The Kier molecular flexibility index (Phi) is 13.5. The van der Waals surface area contributed by atoms with Crippen molar-refractivity contribution in [2.75, 3.05) is 19.6 Å². The number of piperidine rings is 1. The third kappa shape index (κ3) is 10.4. The Hall–Kier alpha value is -2.22. The van der Waals surface area contributed by atoms with Crippen LogP contribution in [-0.4, -0.2) is 41.3 Å². The fraction of sp³-hybridized carbons (Fsp3) is 0.583. The molecule has 0 aliphatic carbocycles. The minimum Gasteiger partial charge on any atom is -0.343 e. The first kappa shape index (κ1) is 27.8. The van der Waals surface area contributed by atoms with Crippen LogP contribution >= 0.6 is 15.9 Å². The summed E-state index contributed by atoms with van der Waals surface area (Å²) in [7, 11) is 0. The summed E-state index contributed by atoms with van der Waals surface area (Å²) in [6.07, 6.45) is 9.67. The van der Waals surface area contributed by atoms with Gasteiger partial charge in [0.2, 0.25) is 5.91 Å². The molecule has 7 nitrogen and oxygen atoms in total. The summed E-state index contributed by atoms with van der Waals surface area (Å²) in [6, 6.07) is 5.28. The van der Waals surface area contributed by atoms with Gasteiger partial charge in [-0.25, -0.2) is 0 Å². The number of unbranched alkanes of at least 4 members (excludes halogenated alkanes) is 2. The zero-order valence-corrected chi connectivity index (χ0v) is 20.9. The SMILES string of the molecule is C=C(Br)C(CC)CCCCC.O=C(NCC(=O)N1CCCCC1)c1ccc([N+](=O)[O-])cc1. The molecule has 2 rings (SSSR count). The van der Waals surface area contributed by atoms with Crippen LogP contribution in [0.25, 0.3) is 0 Å². The third-order valence-electron chi connectivity index (χ3n) is 5.54. The quantitative estimate of drug-likeness (QED) is 0.243. The van der Waals surface area contributed by atoms with E-state index in [0.29, 0.717) is 11.5 Å². The molecule has 1 N–H and O–H groups in total. The average molecular weight is 510 g/mol. The van der Waals surface area contributed by atoms with Gasteiger partial charge in [0.25, 0.3) is 11.6 Å². The predicted octanol–water partition coefficient (Wildman–Crippen LogP) is 5.84. The maximum Gasteiger partial charge on any atom is 0.269 e. The Bertz CT molecular complexity index is 746. The first-order valence-electron chi connectivity index (χ1n) is 11.4. The molecule has 32 heavy (non-hydrogen) atoms. The van der Waals surface area contributed by atoms with Crippen molar-refractivity contribution >= 4 is 33.4 Å². The van der Waals surface area contributed by atoms with Gasteiger partial charge in [0.1, 0.15) is 0 Å². The Morgan fingerprint density at radius 1 is 1.16 bits per heavy atom. The van der Waals surface area contributed by atoms with E-state index >= 15 is 0 Å². The highest BCUT2D eigenvalue weighted by atomic mass is 79.9. The molecular formula is C24H36BrN3O4. The summed E-state index contributed by atoms with van der Waals surface area (Å²) in [5.74, 6) is 0.196. The number of rotatable bonds is 10. The number of benzene rings is 1. The molecule has 1 heterocycles. The van der Waals surface area contributed by atoms with Crippen molar-refractivity contribution in [1.29, 1.82) is 0 Å². The second-order valence-corrected chi connectivity index (χ2v) is 8.99. The van der Waals surface area contributed by atoms with Gasteiger partial charge in [-0.05, 0) is 54.6 Å². The number of allylic oxidation sites excluding steroid dienone is 1. The second-order valence-electron chi connectivity index (χ2n) is 7.98. The molecule has 0 saturated carbocycles. The Labute approximate surface area is 199 Å². The predicted molar refractivity (Wildman–Crippen MR) is 132 cm³/mol. The van der Waals surface area contributed by atoms with Crippen LogP contribution in [0, 0.1) is 16.0 Å². The van der Waals surface area contributed by atoms with E-state index < -0.39 is 10.8 Å². The van der Waals surface area contributed by atoms with Gasteiger partial charge < -0.3 is 10.2 Å². The number of non-ortho nitro benzene ring substituents is 1. The lowest BCUT2D eigenvalue weighted by Gasteiger charge is -2.26. The van der Waals surface area contributed by atoms with Gasteiger partial charge in [0, 0.05) is 30.8 Å². The van der Waals surface area contributed by atoms with Crippen molar-refractivity contribution < 1.29 is 14.5 Å². The van der Waals surface area contributed by atoms with E-state index in [1.165, 1.54) is 60.9 Å². The van der Waals surface area contributed by atoms with Crippen LogP contribution in [0.2, 0.25) is 0 Å². The summed E-state index contributed by atoms with van der Waals surface area (Å²) in [5, 5.41) is 13.1. The summed E-state index contributed by atoms with van der Waals surface area (Å²) in [6.45, 7) is 9.83. The van der Waals surface area contributed by atoms with Gasteiger partial charge >= 0.3 is 0 Å². The molecule has 1 atom stereocenters. The van der Waals surface area contributed by atoms with Gasteiger partial charge in [0.15, 0.2) is 0 Å². The van der Waals surface area contributed by atoms with E-state index in [1.54, 1.807) is 4.90 Å². The largest absolute Gasteiger partial charge is 0.343 e. The minimum absolute atomic E-state index is 0.0458. The highest BCUT2D eigenvalue weighted by Crippen LogP contribution is 2.24. The van der Waals surface area contributed by atoms with Crippen LogP contribution in [0.1, 0.15) is 75.6 Å². The average Bonchev–Trinajstić information content (AvgIpc) is 2.81. The molecule has 1 aliphatic heterocycles. The number of nitro groups is 1. The maximum absolute atomic E-state index is 11.9. The van der Waals surface area contributed by atoms with Crippen molar-refractivity contribution in [3.63, 3.8) is 0 Å². The maximum atomic E-state index is 11.9. The molecular weight excluding hydrogens is 474 g/mol. The normalized spacial score (nSPS) is 14.0. The summed E-state index contributed by atoms with van der Waals surface area (Å²) in [4.78, 5) is 35.5. The van der Waals surface area contributed by atoms with Crippen LogP contribution in [0.4, 0.5) is 5.69 Å². The molecule has 1 aliphatic rings. The number of halogens is 1. The molecule has 1 unspecified atom stereocenters. The van der Waals surface area contributed by atoms with E-state index in [0.717, 1.165) is 32.4 Å². The lowest BCUT2D eigenvalue weighted by atomic mass is 9.99. The number of carbonyl (C=O) groups excluding carboxylic acids is 2. The molecule has 1 saturated heterocycles. The van der Waals surface area contributed by atoms with Gasteiger partial charge in [-0.1, -0.05) is 55.6 Å². The highest BCUT2D eigenvalue weighted by molar-refractivity contribution is 9.11.